The van der Waals surface area contributed by atoms with E-state index in [9.17, 15) is 29.1 Å². The van der Waals surface area contributed by atoms with Crippen LogP contribution >= 0.6 is 12.6 Å². The van der Waals surface area contributed by atoms with E-state index in [-0.39, 0.29) is 12.2 Å². The molecule has 12 nitrogen and oxygen atoms in total. The quantitative estimate of drug-likeness (QED) is 0.151. The van der Waals surface area contributed by atoms with Crippen molar-refractivity contribution in [3.05, 3.63) is 0 Å². The van der Waals surface area contributed by atoms with Crippen LogP contribution in [0.2, 0.25) is 0 Å². The Morgan fingerprint density at radius 3 is 1.96 bits per heavy atom. The molecule has 0 aliphatic carbocycles. The maximum Gasteiger partial charge on any atom is 0.325 e. The fraction of sp³-hybridized carbons (Fsp3) is 0.667. The summed E-state index contributed by atoms with van der Waals surface area (Å²) in [6.07, 6.45) is -2.19. The van der Waals surface area contributed by atoms with Gasteiger partial charge in [-0.3, -0.25) is 24.0 Å². The molecule has 0 aromatic rings. The summed E-state index contributed by atoms with van der Waals surface area (Å²) >= 11 is 3.85. The highest BCUT2D eigenvalue weighted by Crippen LogP contribution is 2.03. The molecule has 0 aliphatic heterocycles. The Hall–Kier alpha value is -2.38. The standard InChI is InChI=1S/C15H26N4O8S/c1-6(15(26)27)17-13(24)9(3-4-10(21)22)18-14(25)11(7(2)20)19-12(23)8(16)5-28/h6-9,11,20,28H,3-5,16H2,1-2H3,(H,17,24)(H,18,25)(H,19,23)(H,21,22)(H,26,27). The fourth-order valence-electron chi connectivity index (χ4n) is 1.92. The van der Waals surface area contributed by atoms with Crippen molar-refractivity contribution < 1.29 is 39.3 Å². The molecule has 0 aliphatic rings. The van der Waals surface area contributed by atoms with Gasteiger partial charge in [0, 0.05) is 12.2 Å². The second-order valence-electron chi connectivity index (χ2n) is 6.08. The molecule has 5 atom stereocenters. The molecule has 0 aromatic carbocycles. The van der Waals surface area contributed by atoms with Gasteiger partial charge in [0.1, 0.15) is 18.1 Å². The highest BCUT2D eigenvalue weighted by Gasteiger charge is 2.31. The molecule has 0 bridgehead atoms. The lowest BCUT2D eigenvalue weighted by Crippen LogP contribution is -2.59. The number of thiol groups is 1. The SMILES string of the molecule is CC(NC(=O)C(CCC(=O)O)NC(=O)C(NC(=O)C(N)CS)C(C)O)C(=O)O. The summed E-state index contributed by atoms with van der Waals surface area (Å²) in [7, 11) is 0. The van der Waals surface area contributed by atoms with Crippen molar-refractivity contribution in [2.24, 2.45) is 5.73 Å². The van der Waals surface area contributed by atoms with Crippen molar-refractivity contribution in [3.63, 3.8) is 0 Å². The number of aliphatic hydroxyl groups excluding tert-OH is 1. The maximum atomic E-state index is 12.4. The van der Waals surface area contributed by atoms with Gasteiger partial charge in [0.2, 0.25) is 17.7 Å². The number of hydrogen-bond donors (Lipinski definition) is 8. The second kappa shape index (κ2) is 12.2. The maximum absolute atomic E-state index is 12.4. The van der Waals surface area contributed by atoms with Gasteiger partial charge in [0.05, 0.1) is 12.1 Å². The molecule has 5 unspecified atom stereocenters. The molecule has 13 heteroatoms. The van der Waals surface area contributed by atoms with E-state index in [1.807, 2.05) is 0 Å². The van der Waals surface area contributed by atoms with Gasteiger partial charge in [0.15, 0.2) is 0 Å². The summed E-state index contributed by atoms with van der Waals surface area (Å²) in [5.41, 5.74) is 5.49. The number of carboxylic acid groups (broad SMARTS) is 2. The topological polar surface area (TPSA) is 208 Å². The Morgan fingerprint density at radius 2 is 1.54 bits per heavy atom. The first-order valence-corrected chi connectivity index (χ1v) is 8.94. The van der Waals surface area contributed by atoms with E-state index in [0.717, 1.165) is 0 Å². The first-order chi connectivity index (χ1) is 12.9. The second-order valence-corrected chi connectivity index (χ2v) is 6.44. The van der Waals surface area contributed by atoms with E-state index in [0.29, 0.717) is 0 Å². The number of carbonyl (C=O) groups is 5. The number of rotatable bonds is 12. The summed E-state index contributed by atoms with van der Waals surface area (Å²) in [6.45, 7) is 2.41. The molecule has 3 amide bonds. The van der Waals surface area contributed by atoms with Crippen LogP contribution in [0, 0.1) is 0 Å². The molecular formula is C15H26N4O8S. The molecule has 0 saturated heterocycles. The first-order valence-electron chi connectivity index (χ1n) is 8.30. The number of amides is 3. The van der Waals surface area contributed by atoms with Crippen LogP contribution in [0.15, 0.2) is 0 Å². The van der Waals surface area contributed by atoms with Crippen LogP contribution in [-0.4, -0.2) is 81.0 Å². The summed E-state index contributed by atoms with van der Waals surface area (Å²) in [5.74, 6) is -5.24. The van der Waals surface area contributed by atoms with Crippen molar-refractivity contribution in [2.75, 3.05) is 5.75 Å². The molecule has 0 saturated carbocycles. The predicted molar refractivity (Wildman–Crippen MR) is 99.5 cm³/mol. The predicted octanol–water partition coefficient (Wildman–Crippen LogP) is -2.95. The number of nitrogens with one attached hydrogen (secondary N) is 3. The van der Waals surface area contributed by atoms with Crippen LogP contribution in [0.4, 0.5) is 0 Å². The molecule has 0 rings (SSSR count). The zero-order chi connectivity index (χ0) is 22.0. The lowest BCUT2D eigenvalue weighted by atomic mass is 10.1. The third-order valence-electron chi connectivity index (χ3n) is 3.61. The minimum atomic E-state index is -1.48. The molecule has 28 heavy (non-hydrogen) atoms. The molecule has 0 radical (unpaired) electrons. The summed E-state index contributed by atoms with van der Waals surface area (Å²) in [4.78, 5) is 58.1. The monoisotopic (exact) mass is 422 g/mol. The summed E-state index contributed by atoms with van der Waals surface area (Å²) in [5, 5.41) is 34.0. The van der Waals surface area contributed by atoms with E-state index in [1.54, 1.807) is 0 Å². The van der Waals surface area contributed by atoms with Gasteiger partial charge >= 0.3 is 11.9 Å². The smallest absolute Gasteiger partial charge is 0.325 e. The zero-order valence-electron chi connectivity index (χ0n) is 15.4. The van der Waals surface area contributed by atoms with Gasteiger partial charge in [-0.15, -0.1) is 0 Å². The lowest BCUT2D eigenvalue weighted by molar-refractivity contribution is -0.142. The zero-order valence-corrected chi connectivity index (χ0v) is 16.3. The van der Waals surface area contributed by atoms with Crippen molar-refractivity contribution in [3.8, 4) is 0 Å². The Balaban J connectivity index is 5.29. The average molecular weight is 422 g/mol. The van der Waals surface area contributed by atoms with Crippen molar-refractivity contribution in [1.29, 1.82) is 0 Å². The van der Waals surface area contributed by atoms with Gasteiger partial charge in [-0.1, -0.05) is 0 Å². The molecule has 0 fully saturated rings. The Kier molecular flexibility index (Phi) is 11.1. The number of nitrogens with two attached hydrogens (primary N) is 1. The van der Waals surface area contributed by atoms with Crippen LogP contribution in [-0.2, 0) is 24.0 Å². The Morgan fingerprint density at radius 1 is 0.964 bits per heavy atom. The number of aliphatic hydroxyl groups is 1. The van der Waals surface area contributed by atoms with Crippen LogP contribution in [0.25, 0.3) is 0 Å². The van der Waals surface area contributed by atoms with Crippen LogP contribution in [0.3, 0.4) is 0 Å². The van der Waals surface area contributed by atoms with Crippen molar-refractivity contribution in [1.82, 2.24) is 16.0 Å². The van der Waals surface area contributed by atoms with Crippen LogP contribution in [0.5, 0.6) is 0 Å². The summed E-state index contributed by atoms with van der Waals surface area (Å²) < 4.78 is 0. The average Bonchev–Trinajstić information content (AvgIpc) is 2.60. The number of aliphatic carboxylic acids is 2. The number of carboxylic acids is 2. The minimum absolute atomic E-state index is 0.0172. The Labute approximate surface area is 166 Å². The van der Waals surface area contributed by atoms with Crippen LogP contribution in [0.1, 0.15) is 26.7 Å². The van der Waals surface area contributed by atoms with E-state index in [4.69, 9.17) is 15.9 Å². The molecule has 0 aromatic heterocycles. The highest BCUT2D eigenvalue weighted by molar-refractivity contribution is 7.80. The van der Waals surface area contributed by atoms with E-state index in [1.165, 1.54) is 13.8 Å². The highest BCUT2D eigenvalue weighted by atomic mass is 32.1. The van der Waals surface area contributed by atoms with E-state index < -0.39 is 66.4 Å². The fourth-order valence-corrected chi connectivity index (χ4v) is 2.09. The molecule has 0 heterocycles. The molecule has 160 valence electrons. The van der Waals surface area contributed by atoms with E-state index >= 15 is 0 Å². The van der Waals surface area contributed by atoms with E-state index in [2.05, 4.69) is 28.6 Å². The third-order valence-corrected chi connectivity index (χ3v) is 4.00. The lowest BCUT2D eigenvalue weighted by Gasteiger charge is -2.25. The molecule has 0 spiro atoms. The van der Waals surface area contributed by atoms with Gasteiger partial charge in [-0.2, -0.15) is 12.6 Å². The number of carbonyl (C=O) groups excluding carboxylic acids is 3. The number of hydrogen-bond acceptors (Lipinski definition) is 8. The van der Waals surface area contributed by atoms with Gasteiger partial charge in [-0.05, 0) is 20.3 Å². The van der Waals surface area contributed by atoms with Gasteiger partial charge < -0.3 is 37.0 Å². The largest absolute Gasteiger partial charge is 0.481 e. The minimum Gasteiger partial charge on any atom is -0.481 e. The third kappa shape index (κ3) is 9.01. The van der Waals surface area contributed by atoms with Crippen molar-refractivity contribution >= 4 is 42.3 Å². The Bertz CT molecular complexity index is 601. The van der Waals surface area contributed by atoms with Crippen molar-refractivity contribution in [2.45, 2.75) is 57.0 Å². The van der Waals surface area contributed by atoms with Gasteiger partial charge in [-0.25, -0.2) is 0 Å². The normalized spacial score (nSPS) is 16.0. The van der Waals surface area contributed by atoms with Gasteiger partial charge in [0.25, 0.3) is 0 Å². The first kappa shape index (κ1) is 25.6. The molecular weight excluding hydrogens is 396 g/mol. The molecule has 8 N–H and O–H groups in total. The summed E-state index contributed by atoms with van der Waals surface area (Å²) in [6, 6.07) is -5.20. The van der Waals surface area contributed by atoms with Crippen LogP contribution < -0.4 is 21.7 Å².